The van der Waals surface area contributed by atoms with Crippen LogP contribution in [0, 0.1) is 12.3 Å². The number of rotatable bonds is 9. The van der Waals surface area contributed by atoms with Gasteiger partial charge in [-0.3, -0.25) is 4.79 Å². The van der Waals surface area contributed by atoms with E-state index in [1.807, 2.05) is 50.2 Å². The molecule has 4 rings (SSSR count). The number of para-hydroxylation sites is 1. The maximum atomic E-state index is 13.8. The Morgan fingerprint density at radius 1 is 1.07 bits per heavy atom. The first-order chi connectivity index (χ1) is 19.4. The van der Waals surface area contributed by atoms with Gasteiger partial charge in [0.15, 0.2) is 17.3 Å². The molecule has 0 saturated carbocycles. The standard InChI is InChI=1S/C33H38ClN3O4/c1-9-40-29-16-22(15-26(34)30(29)41-19-33(5,6)7)18-35-37-31(36-27-13-11-10-12-23(27)32(37)38)25-17-24(20(2)3)28(39-8)14-21(25)4/h10-18,20H,9,19H2,1-8H3. The molecule has 0 saturated heterocycles. The number of hydrogen-bond acceptors (Lipinski definition) is 6. The van der Waals surface area contributed by atoms with E-state index in [0.29, 0.717) is 52.0 Å². The first-order valence-electron chi connectivity index (χ1n) is 13.8. The molecule has 41 heavy (non-hydrogen) atoms. The van der Waals surface area contributed by atoms with Crippen molar-refractivity contribution in [2.45, 2.75) is 54.4 Å². The molecule has 3 aromatic carbocycles. The van der Waals surface area contributed by atoms with Crippen LogP contribution in [0.25, 0.3) is 22.3 Å². The lowest BCUT2D eigenvalue weighted by molar-refractivity contribution is 0.189. The number of aryl methyl sites for hydroxylation is 1. The molecule has 0 fully saturated rings. The van der Waals surface area contributed by atoms with Crippen LogP contribution in [0.2, 0.25) is 5.02 Å². The van der Waals surface area contributed by atoms with Gasteiger partial charge in [-0.05, 0) is 78.3 Å². The largest absolute Gasteiger partial charge is 0.496 e. The topological polar surface area (TPSA) is 74.9 Å². The highest BCUT2D eigenvalue weighted by molar-refractivity contribution is 6.32. The molecular formula is C33H38ClN3O4. The summed E-state index contributed by atoms with van der Waals surface area (Å²) in [4.78, 5) is 18.7. The fourth-order valence-corrected chi connectivity index (χ4v) is 4.72. The zero-order valence-electron chi connectivity index (χ0n) is 25.0. The molecular weight excluding hydrogens is 538 g/mol. The molecule has 0 radical (unpaired) electrons. The molecule has 0 atom stereocenters. The maximum absolute atomic E-state index is 13.8. The summed E-state index contributed by atoms with van der Waals surface area (Å²) >= 11 is 6.65. The Balaban J connectivity index is 1.88. The highest BCUT2D eigenvalue weighted by atomic mass is 35.5. The lowest BCUT2D eigenvalue weighted by Gasteiger charge is -2.21. The first kappa shape index (κ1) is 30.1. The van der Waals surface area contributed by atoms with Crippen molar-refractivity contribution in [3.05, 3.63) is 80.6 Å². The van der Waals surface area contributed by atoms with E-state index in [2.05, 4.69) is 39.7 Å². The summed E-state index contributed by atoms with van der Waals surface area (Å²) in [6, 6.07) is 14.8. The molecule has 0 unspecified atom stereocenters. The monoisotopic (exact) mass is 575 g/mol. The van der Waals surface area contributed by atoms with Crippen molar-refractivity contribution in [2.75, 3.05) is 20.3 Å². The van der Waals surface area contributed by atoms with Crippen molar-refractivity contribution >= 4 is 28.7 Å². The van der Waals surface area contributed by atoms with Crippen LogP contribution in [0.15, 0.2) is 58.4 Å². The summed E-state index contributed by atoms with van der Waals surface area (Å²) < 4.78 is 18.9. The molecule has 0 aliphatic carbocycles. The van der Waals surface area contributed by atoms with Gasteiger partial charge in [0.2, 0.25) is 0 Å². The second-order valence-electron chi connectivity index (χ2n) is 11.5. The molecule has 0 N–H and O–H groups in total. The van der Waals surface area contributed by atoms with Crippen LogP contribution in [-0.4, -0.2) is 36.2 Å². The molecule has 0 spiro atoms. The first-order valence-corrected chi connectivity index (χ1v) is 14.2. The fraction of sp³-hybridized carbons (Fsp3) is 0.364. The van der Waals surface area contributed by atoms with E-state index < -0.39 is 0 Å². The maximum Gasteiger partial charge on any atom is 0.282 e. The minimum Gasteiger partial charge on any atom is -0.496 e. The predicted molar refractivity (Wildman–Crippen MR) is 167 cm³/mol. The smallest absolute Gasteiger partial charge is 0.282 e. The highest BCUT2D eigenvalue weighted by Crippen LogP contribution is 2.38. The molecule has 0 bridgehead atoms. The van der Waals surface area contributed by atoms with Crippen LogP contribution in [0.4, 0.5) is 0 Å². The van der Waals surface area contributed by atoms with Crippen molar-refractivity contribution in [1.29, 1.82) is 0 Å². The molecule has 8 heteroatoms. The average molecular weight is 576 g/mol. The Morgan fingerprint density at radius 2 is 1.80 bits per heavy atom. The van der Waals surface area contributed by atoms with Gasteiger partial charge in [0, 0.05) is 5.56 Å². The van der Waals surface area contributed by atoms with E-state index in [9.17, 15) is 4.79 Å². The molecule has 4 aromatic rings. The lowest BCUT2D eigenvalue weighted by Crippen LogP contribution is -2.21. The number of fused-ring (bicyclic) bond motifs is 1. The Hall–Kier alpha value is -3.84. The van der Waals surface area contributed by atoms with Crippen LogP contribution < -0.4 is 19.8 Å². The summed E-state index contributed by atoms with van der Waals surface area (Å²) in [7, 11) is 1.66. The normalized spacial score (nSPS) is 12.0. The zero-order chi connectivity index (χ0) is 29.9. The van der Waals surface area contributed by atoms with Gasteiger partial charge in [0.1, 0.15) is 5.75 Å². The molecule has 1 heterocycles. The van der Waals surface area contributed by atoms with Gasteiger partial charge in [-0.2, -0.15) is 9.78 Å². The molecule has 7 nitrogen and oxygen atoms in total. The van der Waals surface area contributed by atoms with Crippen molar-refractivity contribution < 1.29 is 14.2 Å². The number of halogens is 1. The SMILES string of the molecule is CCOc1cc(C=Nn2c(-c3cc(C(C)C)c(OC)cc3C)nc3ccccc3c2=O)cc(Cl)c1OCC(C)(C)C. The van der Waals surface area contributed by atoms with Gasteiger partial charge in [-0.15, -0.1) is 0 Å². The Kier molecular flexibility index (Phi) is 9.08. The summed E-state index contributed by atoms with van der Waals surface area (Å²) in [5.41, 5.74) is 3.66. The third-order valence-corrected chi connectivity index (χ3v) is 6.78. The Morgan fingerprint density at radius 3 is 2.46 bits per heavy atom. The quantitative estimate of drug-likeness (QED) is 0.190. The molecule has 0 aliphatic heterocycles. The van der Waals surface area contributed by atoms with Gasteiger partial charge in [0.25, 0.3) is 5.56 Å². The minimum absolute atomic E-state index is 0.0530. The van der Waals surface area contributed by atoms with Crippen molar-refractivity contribution in [3.8, 4) is 28.6 Å². The van der Waals surface area contributed by atoms with Crippen molar-refractivity contribution in [1.82, 2.24) is 9.66 Å². The van der Waals surface area contributed by atoms with Crippen molar-refractivity contribution in [3.63, 3.8) is 0 Å². The van der Waals surface area contributed by atoms with Crippen LogP contribution in [0.1, 0.15) is 64.2 Å². The zero-order valence-corrected chi connectivity index (χ0v) is 25.8. The van der Waals surface area contributed by atoms with Crippen LogP contribution in [0.3, 0.4) is 0 Å². The average Bonchev–Trinajstić information content (AvgIpc) is 2.91. The third kappa shape index (κ3) is 6.73. The summed E-state index contributed by atoms with van der Waals surface area (Å²) in [6.07, 6.45) is 1.59. The second kappa shape index (κ2) is 12.4. The Bertz CT molecular complexity index is 1650. The lowest BCUT2D eigenvalue weighted by atomic mass is 9.96. The number of ether oxygens (including phenoxy) is 3. The number of aromatic nitrogens is 2. The fourth-order valence-electron chi connectivity index (χ4n) is 4.45. The van der Waals surface area contributed by atoms with Gasteiger partial charge >= 0.3 is 0 Å². The summed E-state index contributed by atoms with van der Waals surface area (Å²) in [6.45, 7) is 15.3. The highest BCUT2D eigenvalue weighted by Gasteiger charge is 2.20. The Labute approximate surface area is 246 Å². The predicted octanol–water partition coefficient (Wildman–Crippen LogP) is 7.86. The van der Waals surface area contributed by atoms with E-state index in [-0.39, 0.29) is 16.9 Å². The van der Waals surface area contributed by atoms with Gasteiger partial charge < -0.3 is 14.2 Å². The number of methoxy groups -OCH3 is 1. The number of hydrogen-bond donors (Lipinski definition) is 0. The second-order valence-corrected chi connectivity index (χ2v) is 11.9. The van der Waals surface area contributed by atoms with Gasteiger partial charge in [0.05, 0.1) is 42.5 Å². The van der Waals surface area contributed by atoms with E-state index in [1.165, 1.54) is 4.68 Å². The summed E-state index contributed by atoms with van der Waals surface area (Å²) in [5.74, 6) is 2.44. The van der Waals surface area contributed by atoms with Crippen molar-refractivity contribution in [2.24, 2.45) is 10.5 Å². The molecule has 0 amide bonds. The molecule has 216 valence electrons. The molecule has 1 aromatic heterocycles. The third-order valence-electron chi connectivity index (χ3n) is 6.50. The van der Waals surface area contributed by atoms with Gasteiger partial charge in [-0.25, -0.2) is 4.98 Å². The van der Waals surface area contributed by atoms with Crippen LogP contribution in [0.5, 0.6) is 17.2 Å². The minimum atomic E-state index is -0.274. The van der Waals surface area contributed by atoms with Crippen LogP contribution in [-0.2, 0) is 0 Å². The number of benzene rings is 3. The van der Waals surface area contributed by atoms with E-state index in [1.54, 1.807) is 25.5 Å². The van der Waals surface area contributed by atoms with Crippen LogP contribution >= 0.6 is 11.6 Å². The van der Waals surface area contributed by atoms with E-state index >= 15 is 0 Å². The number of nitrogens with zero attached hydrogens (tertiary/aromatic N) is 3. The van der Waals surface area contributed by atoms with E-state index in [4.69, 9.17) is 30.8 Å². The summed E-state index contributed by atoms with van der Waals surface area (Å²) in [5, 5.41) is 5.52. The van der Waals surface area contributed by atoms with Gasteiger partial charge in [-0.1, -0.05) is 58.4 Å². The molecule has 0 aliphatic rings. The van der Waals surface area contributed by atoms with E-state index in [0.717, 1.165) is 22.4 Å².